The highest BCUT2D eigenvalue weighted by molar-refractivity contribution is 9.10. The van der Waals surface area contributed by atoms with E-state index in [4.69, 9.17) is 0 Å². The van der Waals surface area contributed by atoms with E-state index >= 15 is 0 Å². The first kappa shape index (κ1) is 14.5. The molecule has 2 aromatic rings. The number of hydrogen-bond donors (Lipinski definition) is 2. The van der Waals surface area contributed by atoms with Gasteiger partial charge >= 0.3 is 5.76 Å². The molecule has 0 spiro atoms. The summed E-state index contributed by atoms with van der Waals surface area (Å²) in [4.78, 5) is 25.3. The van der Waals surface area contributed by atoms with E-state index in [2.05, 4.69) is 35.9 Å². The lowest BCUT2D eigenvalue weighted by molar-refractivity contribution is 0.0953. The number of H-pyrrole nitrogens is 1. The number of halogens is 1. The maximum atomic E-state index is 12.1. The van der Waals surface area contributed by atoms with Crippen molar-refractivity contribution in [2.45, 2.75) is 19.8 Å². The first-order valence-corrected chi connectivity index (χ1v) is 7.01. The summed E-state index contributed by atoms with van der Waals surface area (Å²) >= 11 is 3.36. The Kier molecular flexibility index (Phi) is 4.73. The summed E-state index contributed by atoms with van der Waals surface area (Å²) in [6.07, 6.45) is 1.19. The molecule has 106 valence electrons. The van der Waals surface area contributed by atoms with Crippen LogP contribution < -0.4 is 11.1 Å². The number of carbonyl (C=O) groups is 1. The van der Waals surface area contributed by atoms with Gasteiger partial charge in [-0.25, -0.2) is 4.79 Å². The minimum absolute atomic E-state index is 0.144. The monoisotopic (exact) mass is 339 g/mol. The van der Waals surface area contributed by atoms with E-state index in [0.717, 1.165) is 16.5 Å². The van der Waals surface area contributed by atoms with Crippen LogP contribution in [0.5, 0.6) is 0 Å². The molecule has 7 heteroatoms. The molecule has 0 atom stereocenters. The molecule has 0 unspecified atom stereocenters. The summed E-state index contributed by atoms with van der Waals surface area (Å²) < 4.78 is 5.24. The number of nitrogens with zero attached hydrogens (tertiary/aromatic N) is 1. The standard InChI is InChI=1S/C13H14BrN3O3/c1-2-8-3-4-9(14)7-10(8)12(18)15-6-5-11-16-13(19)20-17-11/h3-4,7H,2,5-6H2,1H3,(H,15,18)(H,16,17,19). The zero-order valence-electron chi connectivity index (χ0n) is 10.9. The molecule has 0 bridgehead atoms. The molecule has 0 saturated carbocycles. The van der Waals surface area contributed by atoms with E-state index in [-0.39, 0.29) is 5.91 Å². The average Bonchev–Trinajstić information content (AvgIpc) is 2.84. The van der Waals surface area contributed by atoms with Gasteiger partial charge in [-0.15, -0.1) is 0 Å². The van der Waals surface area contributed by atoms with Gasteiger partial charge in [0.05, 0.1) is 0 Å². The highest BCUT2D eigenvalue weighted by atomic mass is 79.9. The quantitative estimate of drug-likeness (QED) is 0.867. The largest absolute Gasteiger partial charge is 0.438 e. The van der Waals surface area contributed by atoms with Crippen LogP contribution in [0.25, 0.3) is 0 Å². The van der Waals surface area contributed by atoms with Gasteiger partial charge < -0.3 is 5.32 Å². The highest BCUT2D eigenvalue weighted by Crippen LogP contribution is 2.17. The lowest BCUT2D eigenvalue weighted by Gasteiger charge is -2.09. The fourth-order valence-corrected chi connectivity index (χ4v) is 2.19. The van der Waals surface area contributed by atoms with Crippen molar-refractivity contribution >= 4 is 21.8 Å². The van der Waals surface area contributed by atoms with Crippen molar-refractivity contribution in [2.75, 3.05) is 6.54 Å². The Morgan fingerprint density at radius 3 is 2.95 bits per heavy atom. The van der Waals surface area contributed by atoms with Crippen LogP contribution in [0, 0.1) is 0 Å². The van der Waals surface area contributed by atoms with E-state index in [1.165, 1.54) is 0 Å². The minimum atomic E-state index is -0.591. The number of carbonyl (C=O) groups excluding carboxylic acids is 1. The zero-order valence-corrected chi connectivity index (χ0v) is 12.5. The third kappa shape index (κ3) is 3.57. The van der Waals surface area contributed by atoms with Gasteiger partial charge in [-0.05, 0) is 24.1 Å². The summed E-state index contributed by atoms with van der Waals surface area (Å²) in [7, 11) is 0. The SMILES string of the molecule is CCc1ccc(Br)cc1C(=O)NCCc1noc(=O)[nH]1. The number of hydrogen-bond acceptors (Lipinski definition) is 4. The number of nitrogens with one attached hydrogen (secondary N) is 2. The van der Waals surface area contributed by atoms with Crippen LogP contribution in [-0.2, 0) is 12.8 Å². The maximum Gasteiger partial charge on any atom is 0.438 e. The van der Waals surface area contributed by atoms with Crippen molar-refractivity contribution in [1.29, 1.82) is 0 Å². The average molecular weight is 340 g/mol. The molecule has 0 aliphatic heterocycles. The second kappa shape index (κ2) is 6.51. The first-order valence-electron chi connectivity index (χ1n) is 6.21. The summed E-state index contributed by atoms with van der Waals surface area (Å²) in [5.74, 6) is -0.319. The van der Waals surface area contributed by atoms with Crippen LogP contribution in [0.1, 0.15) is 28.7 Å². The fourth-order valence-electron chi connectivity index (χ4n) is 1.83. The molecule has 1 amide bonds. The Morgan fingerprint density at radius 2 is 2.30 bits per heavy atom. The van der Waals surface area contributed by atoms with Crippen molar-refractivity contribution in [3.05, 3.63) is 50.2 Å². The Hall–Kier alpha value is -1.89. The molecular weight excluding hydrogens is 326 g/mol. The van der Waals surface area contributed by atoms with E-state index in [0.29, 0.717) is 24.4 Å². The Morgan fingerprint density at radius 1 is 1.50 bits per heavy atom. The number of aryl methyl sites for hydroxylation is 1. The molecule has 1 aromatic heterocycles. The van der Waals surface area contributed by atoms with Crippen LogP contribution >= 0.6 is 15.9 Å². The van der Waals surface area contributed by atoms with E-state index < -0.39 is 5.76 Å². The van der Waals surface area contributed by atoms with Gasteiger partial charge in [0.15, 0.2) is 5.82 Å². The molecule has 1 heterocycles. The third-order valence-corrected chi connectivity index (χ3v) is 3.32. The minimum Gasteiger partial charge on any atom is -0.352 e. The van der Waals surface area contributed by atoms with Crippen LogP contribution in [0.2, 0.25) is 0 Å². The van der Waals surface area contributed by atoms with Gasteiger partial charge in [-0.2, -0.15) is 0 Å². The molecular formula is C13H14BrN3O3. The summed E-state index contributed by atoms with van der Waals surface area (Å²) in [5.41, 5.74) is 1.64. The fraction of sp³-hybridized carbons (Fsp3) is 0.308. The highest BCUT2D eigenvalue weighted by Gasteiger charge is 2.11. The van der Waals surface area contributed by atoms with Gasteiger partial charge in [-0.3, -0.25) is 14.3 Å². The number of amides is 1. The topological polar surface area (TPSA) is 88.0 Å². The van der Waals surface area contributed by atoms with Crippen molar-refractivity contribution in [1.82, 2.24) is 15.5 Å². The lowest BCUT2D eigenvalue weighted by Crippen LogP contribution is -2.27. The molecule has 2 rings (SSSR count). The van der Waals surface area contributed by atoms with E-state index in [9.17, 15) is 9.59 Å². The smallest absolute Gasteiger partial charge is 0.352 e. The number of aromatic amines is 1. The maximum absolute atomic E-state index is 12.1. The van der Waals surface area contributed by atoms with Gasteiger partial charge in [-0.1, -0.05) is 34.1 Å². The van der Waals surface area contributed by atoms with Gasteiger partial charge in [0.2, 0.25) is 0 Å². The third-order valence-electron chi connectivity index (χ3n) is 2.83. The Balaban J connectivity index is 1.98. The molecule has 0 aliphatic carbocycles. The predicted octanol–water partition coefficient (Wildman–Crippen LogP) is 1.66. The number of benzene rings is 1. The van der Waals surface area contributed by atoms with Crippen molar-refractivity contribution in [3.63, 3.8) is 0 Å². The second-order valence-corrected chi connectivity index (χ2v) is 5.12. The summed E-state index contributed by atoms with van der Waals surface area (Å²) in [5, 5.41) is 6.33. The zero-order chi connectivity index (χ0) is 14.5. The molecule has 0 aliphatic rings. The van der Waals surface area contributed by atoms with E-state index in [1.54, 1.807) is 6.07 Å². The molecule has 1 aromatic carbocycles. The second-order valence-electron chi connectivity index (χ2n) is 4.20. The molecule has 0 saturated heterocycles. The van der Waals surface area contributed by atoms with Crippen molar-refractivity contribution < 1.29 is 9.32 Å². The summed E-state index contributed by atoms with van der Waals surface area (Å²) in [6.45, 7) is 2.37. The molecule has 0 radical (unpaired) electrons. The molecule has 2 N–H and O–H groups in total. The van der Waals surface area contributed by atoms with Gasteiger partial charge in [0, 0.05) is 23.0 Å². The molecule has 20 heavy (non-hydrogen) atoms. The number of rotatable bonds is 5. The van der Waals surface area contributed by atoms with Crippen LogP contribution in [0.15, 0.2) is 32.0 Å². The Bertz CT molecular complexity index is 663. The van der Waals surface area contributed by atoms with Crippen LogP contribution in [0.4, 0.5) is 0 Å². The van der Waals surface area contributed by atoms with Gasteiger partial charge in [0.1, 0.15) is 0 Å². The first-order chi connectivity index (χ1) is 9.60. The Labute approximate surface area is 123 Å². The number of aromatic nitrogens is 2. The van der Waals surface area contributed by atoms with Crippen molar-refractivity contribution in [3.8, 4) is 0 Å². The molecule has 0 fully saturated rings. The van der Waals surface area contributed by atoms with Crippen LogP contribution in [0.3, 0.4) is 0 Å². The van der Waals surface area contributed by atoms with Gasteiger partial charge in [0.25, 0.3) is 5.91 Å². The van der Waals surface area contributed by atoms with E-state index in [1.807, 2.05) is 19.1 Å². The molecule has 6 nitrogen and oxygen atoms in total. The summed E-state index contributed by atoms with van der Waals surface area (Å²) in [6, 6.07) is 5.63. The normalized spacial score (nSPS) is 10.5. The predicted molar refractivity (Wildman–Crippen MR) is 76.7 cm³/mol. The lowest BCUT2D eigenvalue weighted by atomic mass is 10.0. The van der Waals surface area contributed by atoms with Crippen molar-refractivity contribution in [2.24, 2.45) is 0 Å². The van der Waals surface area contributed by atoms with Crippen LogP contribution in [-0.4, -0.2) is 22.6 Å².